The fourth-order valence-corrected chi connectivity index (χ4v) is 3.81. The maximum Gasteiger partial charge on any atom is 0.0105 e. The molecule has 1 aliphatic carbocycles. The van der Waals surface area contributed by atoms with Crippen molar-refractivity contribution in [2.24, 2.45) is 17.1 Å². The van der Waals surface area contributed by atoms with Gasteiger partial charge in [0, 0.05) is 19.1 Å². The molecule has 2 rings (SSSR count). The van der Waals surface area contributed by atoms with E-state index in [0.29, 0.717) is 11.5 Å². The SMILES string of the molecule is CN(C)CC1CCN(CC2(C)CCCC2N)CC1. The van der Waals surface area contributed by atoms with Crippen molar-refractivity contribution in [3.8, 4) is 0 Å². The summed E-state index contributed by atoms with van der Waals surface area (Å²) in [6.07, 6.45) is 6.61. The van der Waals surface area contributed by atoms with E-state index in [1.165, 1.54) is 58.3 Å². The lowest BCUT2D eigenvalue weighted by molar-refractivity contribution is 0.105. The smallest absolute Gasteiger partial charge is 0.0105 e. The minimum atomic E-state index is 0.383. The van der Waals surface area contributed by atoms with Gasteiger partial charge in [0.2, 0.25) is 0 Å². The molecule has 2 fully saturated rings. The molecule has 18 heavy (non-hydrogen) atoms. The third-order valence-corrected chi connectivity index (χ3v) is 5.07. The zero-order valence-electron chi connectivity index (χ0n) is 12.5. The summed E-state index contributed by atoms with van der Waals surface area (Å²) in [5.41, 5.74) is 6.67. The Morgan fingerprint density at radius 2 is 1.89 bits per heavy atom. The predicted molar refractivity (Wildman–Crippen MR) is 77.7 cm³/mol. The van der Waals surface area contributed by atoms with Gasteiger partial charge in [-0.3, -0.25) is 0 Å². The average molecular weight is 253 g/mol. The first-order chi connectivity index (χ1) is 8.49. The average Bonchev–Trinajstić information content (AvgIpc) is 2.61. The Hall–Kier alpha value is -0.120. The molecule has 1 aliphatic heterocycles. The molecule has 2 unspecified atom stereocenters. The summed E-state index contributed by atoms with van der Waals surface area (Å²) < 4.78 is 0. The van der Waals surface area contributed by atoms with Gasteiger partial charge in [0.1, 0.15) is 0 Å². The van der Waals surface area contributed by atoms with E-state index in [9.17, 15) is 0 Å². The Balaban J connectivity index is 1.76. The lowest BCUT2D eigenvalue weighted by atomic mass is 9.83. The molecule has 0 radical (unpaired) electrons. The molecule has 3 heteroatoms. The van der Waals surface area contributed by atoms with Crippen molar-refractivity contribution in [3.63, 3.8) is 0 Å². The monoisotopic (exact) mass is 253 g/mol. The minimum absolute atomic E-state index is 0.383. The third-order valence-electron chi connectivity index (χ3n) is 5.07. The largest absolute Gasteiger partial charge is 0.327 e. The van der Waals surface area contributed by atoms with Crippen LogP contribution in [-0.2, 0) is 0 Å². The summed E-state index contributed by atoms with van der Waals surface area (Å²) in [7, 11) is 4.37. The highest BCUT2D eigenvalue weighted by Gasteiger charge is 2.38. The second-order valence-corrected chi connectivity index (χ2v) is 7.13. The highest BCUT2D eigenvalue weighted by Crippen LogP contribution is 2.38. The maximum atomic E-state index is 6.29. The first-order valence-corrected chi connectivity index (χ1v) is 7.62. The molecule has 0 spiro atoms. The molecule has 2 N–H and O–H groups in total. The zero-order chi connectivity index (χ0) is 13.2. The van der Waals surface area contributed by atoms with Crippen molar-refractivity contribution in [3.05, 3.63) is 0 Å². The van der Waals surface area contributed by atoms with Crippen LogP contribution in [0.2, 0.25) is 0 Å². The van der Waals surface area contributed by atoms with E-state index in [2.05, 4.69) is 30.8 Å². The summed E-state index contributed by atoms with van der Waals surface area (Å²) >= 11 is 0. The zero-order valence-corrected chi connectivity index (χ0v) is 12.5. The number of nitrogens with zero attached hydrogens (tertiary/aromatic N) is 2. The minimum Gasteiger partial charge on any atom is -0.327 e. The molecule has 0 aromatic heterocycles. The standard InChI is InChI=1S/C15H31N3/c1-15(8-4-5-14(15)16)12-18-9-6-13(7-10-18)11-17(2)3/h13-14H,4-12,16H2,1-3H3. The van der Waals surface area contributed by atoms with E-state index < -0.39 is 0 Å². The highest BCUT2D eigenvalue weighted by atomic mass is 15.1. The van der Waals surface area contributed by atoms with E-state index in [1.54, 1.807) is 0 Å². The number of hydrogen-bond donors (Lipinski definition) is 1. The third kappa shape index (κ3) is 3.46. The van der Waals surface area contributed by atoms with Crippen molar-refractivity contribution in [1.82, 2.24) is 9.80 Å². The lowest BCUT2D eigenvalue weighted by Gasteiger charge is -2.39. The molecule has 2 aliphatic rings. The van der Waals surface area contributed by atoms with Crippen LogP contribution in [-0.4, -0.2) is 56.1 Å². The van der Waals surface area contributed by atoms with Crippen molar-refractivity contribution < 1.29 is 0 Å². The highest BCUT2D eigenvalue weighted by molar-refractivity contribution is 4.94. The Kier molecular flexibility index (Phi) is 4.68. The van der Waals surface area contributed by atoms with Gasteiger partial charge in [0.25, 0.3) is 0 Å². The van der Waals surface area contributed by atoms with E-state index >= 15 is 0 Å². The Morgan fingerprint density at radius 3 is 2.39 bits per heavy atom. The number of nitrogens with two attached hydrogens (primary N) is 1. The van der Waals surface area contributed by atoms with Gasteiger partial charge < -0.3 is 15.5 Å². The van der Waals surface area contributed by atoms with E-state index in [0.717, 1.165) is 5.92 Å². The van der Waals surface area contributed by atoms with Gasteiger partial charge in [0.05, 0.1) is 0 Å². The van der Waals surface area contributed by atoms with Crippen molar-refractivity contribution in [2.45, 2.75) is 45.1 Å². The van der Waals surface area contributed by atoms with Crippen molar-refractivity contribution >= 4 is 0 Å². The molecule has 0 aromatic rings. The fourth-order valence-electron chi connectivity index (χ4n) is 3.81. The number of hydrogen-bond acceptors (Lipinski definition) is 3. The van der Waals surface area contributed by atoms with Crippen molar-refractivity contribution in [2.75, 3.05) is 40.3 Å². The summed E-state index contributed by atoms with van der Waals surface area (Å²) in [4.78, 5) is 4.99. The van der Waals surface area contributed by atoms with Crippen molar-refractivity contribution in [1.29, 1.82) is 0 Å². The Labute approximate surface area is 113 Å². The number of likely N-dealkylation sites (tertiary alicyclic amines) is 1. The van der Waals surface area contributed by atoms with E-state index in [4.69, 9.17) is 5.73 Å². The van der Waals surface area contributed by atoms with Crippen LogP contribution in [0.25, 0.3) is 0 Å². The molecule has 2 atom stereocenters. The van der Waals surface area contributed by atoms with Crippen LogP contribution in [0.5, 0.6) is 0 Å². The maximum absolute atomic E-state index is 6.29. The van der Waals surface area contributed by atoms with Gasteiger partial charge in [-0.1, -0.05) is 13.3 Å². The molecule has 1 saturated heterocycles. The van der Waals surface area contributed by atoms with Gasteiger partial charge in [-0.25, -0.2) is 0 Å². The normalized spacial score (nSPS) is 35.5. The van der Waals surface area contributed by atoms with E-state index in [-0.39, 0.29) is 0 Å². The van der Waals surface area contributed by atoms with Crippen LogP contribution in [0.4, 0.5) is 0 Å². The van der Waals surface area contributed by atoms with Crippen LogP contribution < -0.4 is 5.73 Å². The number of piperidine rings is 1. The van der Waals surface area contributed by atoms with Gasteiger partial charge in [-0.2, -0.15) is 0 Å². The second kappa shape index (κ2) is 5.89. The van der Waals surface area contributed by atoms with Crippen LogP contribution in [0.15, 0.2) is 0 Å². The molecular formula is C15H31N3. The summed E-state index contributed by atoms with van der Waals surface area (Å²) in [5, 5.41) is 0. The quantitative estimate of drug-likeness (QED) is 0.829. The Morgan fingerprint density at radius 1 is 1.22 bits per heavy atom. The van der Waals surface area contributed by atoms with Gasteiger partial charge in [0.15, 0.2) is 0 Å². The summed E-state index contributed by atoms with van der Waals surface area (Å²) in [6.45, 7) is 7.44. The van der Waals surface area contributed by atoms with Gasteiger partial charge >= 0.3 is 0 Å². The predicted octanol–water partition coefficient (Wildman–Crippen LogP) is 1.78. The summed E-state index contributed by atoms with van der Waals surface area (Å²) in [6, 6.07) is 0.428. The fraction of sp³-hybridized carbons (Fsp3) is 1.00. The molecule has 0 aromatic carbocycles. The van der Waals surface area contributed by atoms with E-state index in [1.807, 2.05) is 0 Å². The number of rotatable bonds is 4. The Bertz CT molecular complexity index is 258. The van der Waals surface area contributed by atoms with Gasteiger partial charge in [-0.15, -0.1) is 0 Å². The molecule has 106 valence electrons. The summed E-state index contributed by atoms with van der Waals surface area (Å²) in [5.74, 6) is 0.904. The molecule has 1 saturated carbocycles. The molecule has 0 amide bonds. The van der Waals surface area contributed by atoms with Crippen LogP contribution >= 0.6 is 0 Å². The van der Waals surface area contributed by atoms with Crippen LogP contribution in [0.3, 0.4) is 0 Å². The molecule has 0 bridgehead atoms. The lowest BCUT2D eigenvalue weighted by Crippen LogP contribution is -2.47. The molecule has 3 nitrogen and oxygen atoms in total. The van der Waals surface area contributed by atoms with Gasteiger partial charge in [-0.05, 0) is 64.2 Å². The molecule has 1 heterocycles. The topological polar surface area (TPSA) is 32.5 Å². The second-order valence-electron chi connectivity index (χ2n) is 7.13. The first-order valence-electron chi connectivity index (χ1n) is 7.62. The van der Waals surface area contributed by atoms with Crippen LogP contribution in [0, 0.1) is 11.3 Å². The molecular weight excluding hydrogens is 222 g/mol. The first kappa shape index (κ1) is 14.3. The van der Waals surface area contributed by atoms with Crippen LogP contribution in [0.1, 0.15) is 39.0 Å².